The summed E-state index contributed by atoms with van der Waals surface area (Å²) in [6.45, 7) is 2.56. The Bertz CT molecular complexity index is 570. The van der Waals surface area contributed by atoms with Gasteiger partial charge in [0.15, 0.2) is 0 Å². The lowest BCUT2D eigenvalue weighted by Gasteiger charge is -2.32. The average Bonchev–Trinajstić information content (AvgIpc) is 2.83. The third-order valence-electron chi connectivity index (χ3n) is 3.05. The fourth-order valence-electron chi connectivity index (χ4n) is 2.19. The van der Waals surface area contributed by atoms with Crippen molar-refractivity contribution in [3.05, 3.63) is 21.9 Å². The molecule has 1 aliphatic rings. The zero-order valence-electron chi connectivity index (χ0n) is 11.2. The van der Waals surface area contributed by atoms with Crippen molar-refractivity contribution in [2.75, 3.05) is 13.2 Å². The molecule has 1 fully saturated rings. The minimum absolute atomic E-state index is 0.161. The molecule has 106 valence electrons. The van der Waals surface area contributed by atoms with Crippen molar-refractivity contribution in [1.82, 2.24) is 10.2 Å². The number of thiophene rings is 1. The number of nitrogens with one attached hydrogen (secondary N) is 1. The normalized spacial score (nSPS) is 19.4. The molecule has 2 N–H and O–H groups in total. The molecule has 6 heteroatoms. The number of rotatable bonds is 3. The van der Waals surface area contributed by atoms with Gasteiger partial charge < -0.3 is 5.11 Å². The Kier molecular flexibility index (Phi) is 4.90. The Hall–Kier alpha value is -1.68. The molecule has 1 aromatic heterocycles. The lowest BCUT2D eigenvalue weighted by Crippen LogP contribution is -2.57. The van der Waals surface area contributed by atoms with E-state index in [1.165, 1.54) is 11.3 Å². The zero-order valence-corrected chi connectivity index (χ0v) is 12.0. The summed E-state index contributed by atoms with van der Waals surface area (Å²) in [7, 11) is 0. The smallest absolute Gasteiger partial charge is 0.243 e. The van der Waals surface area contributed by atoms with Gasteiger partial charge >= 0.3 is 0 Å². The van der Waals surface area contributed by atoms with Gasteiger partial charge in [0.05, 0.1) is 17.5 Å². The number of aliphatic hydroxyl groups excluding tert-OH is 1. The Morgan fingerprint density at radius 1 is 1.50 bits per heavy atom. The maximum absolute atomic E-state index is 11.8. The molecule has 20 heavy (non-hydrogen) atoms. The van der Waals surface area contributed by atoms with Crippen molar-refractivity contribution < 1.29 is 14.7 Å². The molecular formula is C14H16N2O3S. The van der Waals surface area contributed by atoms with Gasteiger partial charge in [-0.15, -0.1) is 11.3 Å². The molecule has 2 heterocycles. The van der Waals surface area contributed by atoms with Crippen LogP contribution in [-0.4, -0.2) is 41.0 Å². The van der Waals surface area contributed by atoms with Gasteiger partial charge in [0, 0.05) is 11.4 Å². The van der Waals surface area contributed by atoms with E-state index >= 15 is 0 Å². The van der Waals surface area contributed by atoms with Gasteiger partial charge in [-0.3, -0.25) is 19.8 Å². The summed E-state index contributed by atoms with van der Waals surface area (Å²) in [5, 5.41) is 11.0. The van der Waals surface area contributed by atoms with Crippen LogP contribution in [0, 0.1) is 11.8 Å². The van der Waals surface area contributed by atoms with Crippen molar-refractivity contribution in [2.45, 2.75) is 25.9 Å². The van der Waals surface area contributed by atoms with E-state index in [-0.39, 0.29) is 31.0 Å². The molecule has 0 aromatic carbocycles. The van der Waals surface area contributed by atoms with E-state index in [4.69, 9.17) is 5.11 Å². The van der Waals surface area contributed by atoms with Crippen LogP contribution in [0.3, 0.4) is 0 Å². The van der Waals surface area contributed by atoms with Crippen molar-refractivity contribution in [1.29, 1.82) is 0 Å². The first-order chi connectivity index (χ1) is 9.63. The Morgan fingerprint density at radius 3 is 3.00 bits per heavy atom. The SMILES string of the molecule is CCC1C(=O)NC(=O)CN1Cc1ccc(C#CCO)s1. The molecule has 2 amide bonds. The number of hydrogen-bond donors (Lipinski definition) is 2. The molecule has 0 bridgehead atoms. The Morgan fingerprint density at radius 2 is 2.30 bits per heavy atom. The van der Waals surface area contributed by atoms with Gasteiger partial charge in [0.1, 0.15) is 6.61 Å². The summed E-state index contributed by atoms with van der Waals surface area (Å²) in [6, 6.07) is 3.56. The number of aliphatic hydroxyl groups is 1. The number of hydrogen-bond acceptors (Lipinski definition) is 5. The van der Waals surface area contributed by atoms with E-state index in [0.29, 0.717) is 13.0 Å². The van der Waals surface area contributed by atoms with Gasteiger partial charge in [-0.1, -0.05) is 18.8 Å². The lowest BCUT2D eigenvalue weighted by molar-refractivity contribution is -0.140. The summed E-state index contributed by atoms with van der Waals surface area (Å²) in [5.41, 5.74) is 0. The molecule has 5 nitrogen and oxygen atoms in total. The van der Waals surface area contributed by atoms with Crippen LogP contribution in [0.1, 0.15) is 23.1 Å². The third-order valence-corrected chi connectivity index (χ3v) is 4.04. The van der Waals surface area contributed by atoms with E-state index in [0.717, 1.165) is 9.75 Å². The highest BCUT2D eigenvalue weighted by Crippen LogP contribution is 2.20. The zero-order chi connectivity index (χ0) is 14.5. The highest BCUT2D eigenvalue weighted by Gasteiger charge is 2.32. The van der Waals surface area contributed by atoms with E-state index in [1.807, 2.05) is 24.0 Å². The van der Waals surface area contributed by atoms with Crippen LogP contribution >= 0.6 is 11.3 Å². The van der Waals surface area contributed by atoms with Crippen LogP contribution in [0.4, 0.5) is 0 Å². The molecular weight excluding hydrogens is 276 g/mol. The van der Waals surface area contributed by atoms with Crippen molar-refractivity contribution in [3.63, 3.8) is 0 Å². The van der Waals surface area contributed by atoms with Crippen LogP contribution in [0.15, 0.2) is 12.1 Å². The highest BCUT2D eigenvalue weighted by atomic mass is 32.1. The molecule has 1 unspecified atom stereocenters. The standard InChI is InChI=1S/C14H16N2O3S/c1-2-12-14(19)15-13(18)9-16(12)8-11-6-5-10(20-11)4-3-7-17/h5-6,12,17H,2,7-9H2,1H3,(H,15,18,19). The number of carbonyl (C=O) groups is 2. The lowest BCUT2D eigenvalue weighted by atomic mass is 10.1. The monoisotopic (exact) mass is 292 g/mol. The minimum atomic E-state index is -0.262. The van der Waals surface area contributed by atoms with Gasteiger partial charge in [0.25, 0.3) is 0 Å². The quantitative estimate of drug-likeness (QED) is 0.622. The Labute approximate surface area is 121 Å². The molecule has 0 radical (unpaired) electrons. The largest absolute Gasteiger partial charge is 0.384 e. The molecule has 0 aliphatic carbocycles. The molecule has 0 spiro atoms. The van der Waals surface area contributed by atoms with Crippen LogP contribution in [0.25, 0.3) is 0 Å². The number of piperazine rings is 1. The van der Waals surface area contributed by atoms with Crippen molar-refractivity contribution >= 4 is 23.2 Å². The summed E-state index contributed by atoms with van der Waals surface area (Å²) in [4.78, 5) is 27.0. The molecule has 1 atom stereocenters. The van der Waals surface area contributed by atoms with Crippen LogP contribution in [-0.2, 0) is 16.1 Å². The van der Waals surface area contributed by atoms with E-state index in [1.54, 1.807) is 0 Å². The Balaban J connectivity index is 2.09. The van der Waals surface area contributed by atoms with Crippen molar-refractivity contribution in [3.8, 4) is 11.8 Å². The summed E-state index contributed by atoms with van der Waals surface area (Å²) in [5.74, 6) is 4.97. The summed E-state index contributed by atoms with van der Waals surface area (Å²) < 4.78 is 0. The van der Waals surface area contributed by atoms with Crippen LogP contribution < -0.4 is 5.32 Å². The molecule has 1 aliphatic heterocycles. The van der Waals surface area contributed by atoms with E-state index in [2.05, 4.69) is 17.2 Å². The minimum Gasteiger partial charge on any atom is -0.384 e. The maximum Gasteiger partial charge on any atom is 0.243 e. The maximum atomic E-state index is 11.8. The summed E-state index contributed by atoms with van der Waals surface area (Å²) >= 11 is 1.51. The topological polar surface area (TPSA) is 69.6 Å². The molecule has 0 saturated carbocycles. The summed E-state index contributed by atoms with van der Waals surface area (Å²) in [6.07, 6.45) is 0.668. The van der Waals surface area contributed by atoms with Gasteiger partial charge in [-0.05, 0) is 18.6 Å². The van der Waals surface area contributed by atoms with E-state index < -0.39 is 0 Å². The van der Waals surface area contributed by atoms with Crippen LogP contribution in [0.2, 0.25) is 0 Å². The first-order valence-corrected chi connectivity index (χ1v) is 7.22. The first kappa shape index (κ1) is 14.7. The fourth-order valence-corrected chi connectivity index (χ4v) is 3.10. The number of carbonyl (C=O) groups excluding carboxylic acids is 2. The van der Waals surface area contributed by atoms with Gasteiger partial charge in [0.2, 0.25) is 11.8 Å². The third kappa shape index (κ3) is 3.45. The number of imide groups is 1. The number of amides is 2. The van der Waals surface area contributed by atoms with E-state index in [9.17, 15) is 9.59 Å². The molecule has 1 aromatic rings. The fraction of sp³-hybridized carbons (Fsp3) is 0.429. The number of nitrogens with zero attached hydrogens (tertiary/aromatic N) is 1. The second-order valence-electron chi connectivity index (χ2n) is 4.47. The van der Waals surface area contributed by atoms with Gasteiger partial charge in [-0.2, -0.15) is 0 Å². The van der Waals surface area contributed by atoms with Crippen LogP contribution in [0.5, 0.6) is 0 Å². The first-order valence-electron chi connectivity index (χ1n) is 6.40. The highest BCUT2D eigenvalue weighted by molar-refractivity contribution is 7.12. The van der Waals surface area contributed by atoms with Gasteiger partial charge in [-0.25, -0.2) is 0 Å². The second-order valence-corrected chi connectivity index (χ2v) is 5.64. The van der Waals surface area contributed by atoms with Crippen molar-refractivity contribution in [2.24, 2.45) is 0 Å². The second kappa shape index (κ2) is 6.66. The molecule has 1 saturated heterocycles. The average molecular weight is 292 g/mol. The molecule has 2 rings (SSSR count). The predicted octanol–water partition coefficient (Wildman–Crippen LogP) is 0.329. The predicted molar refractivity (Wildman–Crippen MR) is 75.9 cm³/mol.